The Kier molecular flexibility index (Phi) is 4.37. The Balaban J connectivity index is 1.59. The van der Waals surface area contributed by atoms with Crippen molar-refractivity contribution in [3.63, 3.8) is 0 Å². The number of rotatable bonds is 2. The van der Waals surface area contributed by atoms with Gasteiger partial charge in [0.05, 0.1) is 5.69 Å². The summed E-state index contributed by atoms with van der Waals surface area (Å²) in [6.07, 6.45) is 0. The minimum Gasteiger partial charge on any atom is -0.323 e. The number of anilines is 1. The van der Waals surface area contributed by atoms with Crippen molar-refractivity contribution >= 4 is 23.1 Å². The highest BCUT2D eigenvalue weighted by molar-refractivity contribution is 6.01. The molecule has 0 saturated carbocycles. The number of benzene rings is 1. The van der Waals surface area contributed by atoms with E-state index in [1.165, 1.54) is 0 Å². The first-order chi connectivity index (χ1) is 13.3. The molecule has 1 fully saturated rings. The topological polar surface area (TPSA) is 70.8 Å². The van der Waals surface area contributed by atoms with E-state index in [0.29, 0.717) is 17.9 Å². The molecule has 0 bridgehead atoms. The Morgan fingerprint density at radius 1 is 1.11 bits per heavy atom. The van der Waals surface area contributed by atoms with E-state index in [9.17, 15) is 9.59 Å². The predicted octanol–water partition coefficient (Wildman–Crippen LogP) is 2.53. The van der Waals surface area contributed by atoms with Crippen LogP contribution in [-0.4, -0.2) is 50.4 Å². The second kappa shape index (κ2) is 6.74. The van der Waals surface area contributed by atoms with Gasteiger partial charge in [0.15, 0.2) is 5.65 Å². The fraction of sp³-hybridized carbons (Fsp3) is 0.333. The first-order valence-electron chi connectivity index (χ1n) is 9.35. The summed E-state index contributed by atoms with van der Waals surface area (Å²) in [5.74, 6) is -0.317. The SMILES string of the molecule is Cc1ccc(N2C[C@H](C)N(C(=O)c3cc(C)n4nc(C)cc4n3)CC2=O)cc1. The van der Waals surface area contributed by atoms with E-state index in [4.69, 9.17) is 0 Å². The second-order valence-electron chi connectivity index (χ2n) is 7.46. The number of carbonyl (C=O) groups excluding carboxylic acids is 2. The lowest BCUT2D eigenvalue weighted by molar-refractivity contribution is -0.121. The van der Waals surface area contributed by atoms with Crippen molar-refractivity contribution in [2.75, 3.05) is 18.0 Å². The lowest BCUT2D eigenvalue weighted by atomic mass is 10.1. The number of amides is 2. The first-order valence-corrected chi connectivity index (χ1v) is 9.35. The molecule has 1 aliphatic rings. The van der Waals surface area contributed by atoms with Crippen LogP contribution in [0.2, 0.25) is 0 Å². The van der Waals surface area contributed by atoms with Crippen molar-refractivity contribution in [3.05, 3.63) is 59.0 Å². The van der Waals surface area contributed by atoms with Crippen LogP contribution in [0.25, 0.3) is 5.65 Å². The smallest absolute Gasteiger partial charge is 0.273 e. The lowest BCUT2D eigenvalue weighted by Gasteiger charge is -2.39. The molecule has 3 aromatic rings. The van der Waals surface area contributed by atoms with Crippen LogP contribution in [0.3, 0.4) is 0 Å². The van der Waals surface area contributed by atoms with Crippen LogP contribution in [0.15, 0.2) is 36.4 Å². The molecule has 144 valence electrons. The maximum Gasteiger partial charge on any atom is 0.273 e. The zero-order valence-corrected chi connectivity index (χ0v) is 16.5. The summed E-state index contributed by atoms with van der Waals surface area (Å²) in [5.41, 5.74) is 4.66. The van der Waals surface area contributed by atoms with Crippen LogP contribution in [-0.2, 0) is 4.79 Å². The Hall–Kier alpha value is -3.22. The number of aryl methyl sites for hydroxylation is 3. The van der Waals surface area contributed by atoms with E-state index >= 15 is 0 Å². The van der Waals surface area contributed by atoms with Crippen molar-refractivity contribution in [2.45, 2.75) is 33.7 Å². The molecule has 0 spiro atoms. The third-order valence-corrected chi connectivity index (χ3v) is 5.14. The van der Waals surface area contributed by atoms with Gasteiger partial charge in [0.25, 0.3) is 5.91 Å². The summed E-state index contributed by atoms with van der Waals surface area (Å²) in [7, 11) is 0. The molecule has 3 heterocycles. The molecule has 0 N–H and O–H groups in total. The lowest BCUT2D eigenvalue weighted by Crippen LogP contribution is -2.57. The van der Waals surface area contributed by atoms with Gasteiger partial charge in [-0.25, -0.2) is 9.50 Å². The molecule has 0 radical (unpaired) electrons. The minimum absolute atomic E-state index is 0.0398. The first kappa shape index (κ1) is 18.2. The van der Waals surface area contributed by atoms with E-state index in [2.05, 4.69) is 10.1 Å². The van der Waals surface area contributed by atoms with E-state index in [1.54, 1.807) is 20.4 Å². The number of aromatic nitrogens is 3. The van der Waals surface area contributed by atoms with Gasteiger partial charge in [-0.3, -0.25) is 9.59 Å². The number of hydrogen-bond donors (Lipinski definition) is 0. The van der Waals surface area contributed by atoms with E-state index < -0.39 is 0 Å². The molecule has 1 saturated heterocycles. The normalized spacial score (nSPS) is 17.4. The average Bonchev–Trinajstić information content (AvgIpc) is 3.04. The molecule has 4 rings (SSSR count). The van der Waals surface area contributed by atoms with E-state index in [-0.39, 0.29) is 24.4 Å². The fourth-order valence-corrected chi connectivity index (χ4v) is 3.59. The molecule has 7 heteroatoms. The summed E-state index contributed by atoms with van der Waals surface area (Å²) in [4.78, 5) is 33.7. The minimum atomic E-state index is -0.228. The molecule has 7 nitrogen and oxygen atoms in total. The highest BCUT2D eigenvalue weighted by Gasteiger charge is 2.34. The van der Waals surface area contributed by atoms with Crippen LogP contribution in [0.5, 0.6) is 0 Å². The van der Waals surface area contributed by atoms with Gasteiger partial charge in [0.1, 0.15) is 12.2 Å². The van der Waals surface area contributed by atoms with Gasteiger partial charge >= 0.3 is 0 Å². The number of piperazine rings is 1. The summed E-state index contributed by atoms with van der Waals surface area (Å²) < 4.78 is 1.72. The monoisotopic (exact) mass is 377 g/mol. The quantitative estimate of drug-likeness (QED) is 0.688. The Bertz CT molecular complexity index is 1070. The maximum atomic E-state index is 13.1. The molecule has 28 heavy (non-hydrogen) atoms. The molecule has 1 aromatic carbocycles. The summed E-state index contributed by atoms with van der Waals surface area (Å²) in [5, 5.41) is 4.37. The maximum absolute atomic E-state index is 13.1. The van der Waals surface area contributed by atoms with Gasteiger partial charge < -0.3 is 9.80 Å². The highest BCUT2D eigenvalue weighted by Crippen LogP contribution is 2.22. The van der Waals surface area contributed by atoms with Crippen LogP contribution in [0.4, 0.5) is 5.69 Å². The van der Waals surface area contributed by atoms with Crippen molar-refractivity contribution in [1.82, 2.24) is 19.5 Å². The molecule has 1 aliphatic heterocycles. The summed E-state index contributed by atoms with van der Waals surface area (Å²) in [6.45, 7) is 8.25. The molecule has 0 aliphatic carbocycles. The third-order valence-electron chi connectivity index (χ3n) is 5.14. The van der Waals surface area contributed by atoms with Gasteiger partial charge in [0, 0.05) is 30.0 Å². The number of nitrogens with zero attached hydrogens (tertiary/aromatic N) is 5. The van der Waals surface area contributed by atoms with E-state index in [1.807, 2.05) is 58.0 Å². The van der Waals surface area contributed by atoms with Crippen molar-refractivity contribution in [3.8, 4) is 0 Å². The second-order valence-corrected chi connectivity index (χ2v) is 7.46. The molecule has 2 aromatic heterocycles. The van der Waals surface area contributed by atoms with Gasteiger partial charge in [-0.2, -0.15) is 5.10 Å². The summed E-state index contributed by atoms with van der Waals surface area (Å²) >= 11 is 0. The number of hydrogen-bond acceptors (Lipinski definition) is 4. The zero-order valence-electron chi connectivity index (χ0n) is 16.5. The largest absolute Gasteiger partial charge is 0.323 e. The Morgan fingerprint density at radius 2 is 1.82 bits per heavy atom. The van der Waals surface area contributed by atoms with Crippen LogP contribution >= 0.6 is 0 Å². The van der Waals surface area contributed by atoms with Gasteiger partial charge in [-0.05, 0) is 45.9 Å². The Morgan fingerprint density at radius 3 is 2.54 bits per heavy atom. The third kappa shape index (κ3) is 3.13. The van der Waals surface area contributed by atoms with E-state index in [0.717, 1.165) is 22.6 Å². The van der Waals surface area contributed by atoms with Crippen LogP contribution in [0, 0.1) is 20.8 Å². The van der Waals surface area contributed by atoms with Crippen molar-refractivity contribution in [2.24, 2.45) is 0 Å². The van der Waals surface area contributed by atoms with Crippen molar-refractivity contribution < 1.29 is 9.59 Å². The summed E-state index contributed by atoms with van der Waals surface area (Å²) in [6, 6.07) is 11.3. The van der Waals surface area contributed by atoms with Crippen molar-refractivity contribution in [1.29, 1.82) is 0 Å². The fourth-order valence-electron chi connectivity index (χ4n) is 3.59. The molecule has 1 atom stereocenters. The predicted molar refractivity (Wildman–Crippen MR) is 106 cm³/mol. The molecule has 0 unspecified atom stereocenters. The average molecular weight is 377 g/mol. The van der Waals surface area contributed by atoms with Gasteiger partial charge in [-0.15, -0.1) is 0 Å². The van der Waals surface area contributed by atoms with Gasteiger partial charge in [0.2, 0.25) is 5.91 Å². The Labute approximate surface area is 163 Å². The van der Waals surface area contributed by atoms with Gasteiger partial charge in [-0.1, -0.05) is 17.7 Å². The van der Waals surface area contributed by atoms with Crippen LogP contribution < -0.4 is 4.90 Å². The molecular weight excluding hydrogens is 354 g/mol. The standard InChI is InChI=1S/C21H23N5O2/c1-13-5-7-17(8-6-13)25-11-16(4)24(12-20(25)27)21(28)18-10-15(3)26-19(22-18)9-14(2)23-26/h5-10,16H,11-12H2,1-4H3/t16-/m0/s1. The highest BCUT2D eigenvalue weighted by atomic mass is 16.2. The zero-order chi connectivity index (χ0) is 20.0. The number of carbonyl (C=O) groups is 2. The molecule has 2 amide bonds. The van der Waals surface area contributed by atoms with Crippen LogP contribution in [0.1, 0.15) is 34.4 Å². The molecular formula is C21H23N5O2. The number of fused-ring (bicyclic) bond motifs is 1.